The summed E-state index contributed by atoms with van der Waals surface area (Å²) in [5.41, 5.74) is 0.122. The highest BCUT2D eigenvalue weighted by Crippen LogP contribution is 2.38. The molecule has 0 fully saturated rings. The van der Waals surface area contributed by atoms with Crippen molar-refractivity contribution in [3.63, 3.8) is 0 Å². The average molecular weight is 321 g/mol. The van der Waals surface area contributed by atoms with Gasteiger partial charge in [0.2, 0.25) is 5.78 Å². The number of benzene rings is 1. The molecule has 0 saturated carbocycles. The maximum atomic E-state index is 12.2. The van der Waals surface area contributed by atoms with Crippen molar-refractivity contribution in [1.82, 2.24) is 4.98 Å². The molecular weight excluding hydrogens is 312 g/mol. The van der Waals surface area contributed by atoms with E-state index in [1.54, 1.807) is 6.92 Å². The molecule has 1 heterocycles. The van der Waals surface area contributed by atoms with E-state index in [2.05, 4.69) is 4.98 Å². The topological polar surface area (TPSA) is 73.3 Å². The van der Waals surface area contributed by atoms with E-state index in [1.165, 1.54) is 12.1 Å². The Balaban J connectivity index is 2.62. The predicted octanol–water partition coefficient (Wildman–Crippen LogP) is 3.93. The van der Waals surface area contributed by atoms with Crippen molar-refractivity contribution in [3.8, 4) is 11.5 Å². The molecule has 2 rings (SSSR count). The summed E-state index contributed by atoms with van der Waals surface area (Å²) in [6.07, 6.45) is 0. The third kappa shape index (κ3) is 2.39. The maximum absolute atomic E-state index is 12.2. The molecule has 19 heavy (non-hydrogen) atoms. The number of H-pyrrole nitrogens is 1. The van der Waals surface area contributed by atoms with E-state index in [4.69, 9.17) is 34.8 Å². The van der Waals surface area contributed by atoms with Crippen molar-refractivity contribution in [2.75, 3.05) is 0 Å². The molecular formula is C12H8Cl3NO3. The third-order valence-corrected chi connectivity index (χ3v) is 3.59. The number of rotatable bonds is 2. The van der Waals surface area contributed by atoms with Crippen molar-refractivity contribution in [2.45, 2.75) is 6.92 Å². The number of aromatic hydroxyl groups is 2. The van der Waals surface area contributed by atoms with E-state index in [9.17, 15) is 15.0 Å². The van der Waals surface area contributed by atoms with Crippen LogP contribution >= 0.6 is 34.8 Å². The summed E-state index contributed by atoms with van der Waals surface area (Å²) >= 11 is 17.2. The molecule has 0 saturated heterocycles. The van der Waals surface area contributed by atoms with Gasteiger partial charge in [0.05, 0.1) is 15.7 Å². The number of aromatic amines is 1. The Labute approximate surface area is 123 Å². The van der Waals surface area contributed by atoms with Gasteiger partial charge in [0.1, 0.15) is 22.2 Å². The van der Waals surface area contributed by atoms with E-state index in [0.717, 1.165) is 0 Å². The minimum atomic E-state index is -0.658. The molecule has 0 aliphatic carbocycles. The zero-order valence-electron chi connectivity index (χ0n) is 9.59. The second-order valence-electron chi connectivity index (χ2n) is 3.92. The number of nitrogens with one attached hydrogen (secondary N) is 1. The lowest BCUT2D eigenvalue weighted by atomic mass is 10.0. The van der Waals surface area contributed by atoms with Gasteiger partial charge >= 0.3 is 0 Å². The van der Waals surface area contributed by atoms with E-state index in [-0.39, 0.29) is 32.2 Å². The summed E-state index contributed by atoms with van der Waals surface area (Å²) in [6, 6.07) is 2.67. The smallest absolute Gasteiger partial charge is 0.216 e. The number of hydrogen-bond acceptors (Lipinski definition) is 3. The summed E-state index contributed by atoms with van der Waals surface area (Å²) < 4.78 is 0. The summed E-state index contributed by atoms with van der Waals surface area (Å²) in [4.78, 5) is 14.8. The first-order valence-corrected chi connectivity index (χ1v) is 6.26. The van der Waals surface area contributed by atoms with Gasteiger partial charge in [-0.3, -0.25) is 4.79 Å². The van der Waals surface area contributed by atoms with Crippen LogP contribution in [-0.2, 0) is 0 Å². The lowest BCUT2D eigenvalue weighted by Gasteiger charge is -2.09. The number of aryl methyl sites for hydroxylation is 1. The molecule has 7 heteroatoms. The Hall–Kier alpha value is -1.36. The van der Waals surface area contributed by atoms with Crippen LogP contribution in [0.1, 0.15) is 21.6 Å². The molecule has 0 amide bonds. The Morgan fingerprint density at radius 1 is 1.11 bits per heavy atom. The Kier molecular flexibility index (Phi) is 3.67. The van der Waals surface area contributed by atoms with Gasteiger partial charge in [-0.25, -0.2) is 0 Å². The summed E-state index contributed by atoms with van der Waals surface area (Å²) in [7, 11) is 0. The zero-order chi connectivity index (χ0) is 14.3. The molecule has 0 spiro atoms. The zero-order valence-corrected chi connectivity index (χ0v) is 11.9. The molecule has 0 bridgehead atoms. The molecule has 0 atom stereocenters. The first kappa shape index (κ1) is 14.1. The minimum Gasteiger partial charge on any atom is -0.507 e. The van der Waals surface area contributed by atoms with Crippen LogP contribution in [0.4, 0.5) is 0 Å². The number of phenolic OH excluding ortho intramolecular Hbond substituents is 2. The molecule has 1 aromatic heterocycles. The maximum Gasteiger partial charge on any atom is 0.216 e. The van der Waals surface area contributed by atoms with Crippen LogP contribution in [0.15, 0.2) is 12.1 Å². The van der Waals surface area contributed by atoms with Gasteiger partial charge < -0.3 is 15.2 Å². The van der Waals surface area contributed by atoms with Crippen LogP contribution in [0.25, 0.3) is 0 Å². The standard InChI is InChI=1S/C12H8Cl3NO3/c1-4-2-5(13)10(18)8(9(4)17)11(19)7-3-6(14)12(15)16-7/h2-3,16-18H,1H3. The lowest BCUT2D eigenvalue weighted by molar-refractivity contribution is 0.102. The number of phenols is 2. The van der Waals surface area contributed by atoms with Gasteiger partial charge in [-0.2, -0.15) is 0 Å². The highest BCUT2D eigenvalue weighted by molar-refractivity contribution is 6.42. The number of aromatic nitrogens is 1. The predicted molar refractivity (Wildman–Crippen MR) is 73.8 cm³/mol. The molecule has 100 valence electrons. The van der Waals surface area contributed by atoms with Crippen LogP contribution < -0.4 is 0 Å². The second-order valence-corrected chi connectivity index (χ2v) is 5.11. The lowest BCUT2D eigenvalue weighted by Crippen LogP contribution is -2.04. The molecule has 0 aliphatic rings. The molecule has 0 unspecified atom stereocenters. The SMILES string of the molecule is Cc1cc(Cl)c(O)c(C(=O)c2cc(Cl)c(Cl)[nH]2)c1O. The largest absolute Gasteiger partial charge is 0.507 e. The second kappa shape index (κ2) is 4.96. The normalized spacial score (nSPS) is 10.7. The minimum absolute atomic E-state index is 0.0256. The van der Waals surface area contributed by atoms with Crippen molar-refractivity contribution >= 4 is 40.6 Å². The van der Waals surface area contributed by atoms with E-state index >= 15 is 0 Å². The average Bonchev–Trinajstić information content (AvgIpc) is 2.67. The highest BCUT2D eigenvalue weighted by atomic mass is 35.5. The van der Waals surface area contributed by atoms with Gasteiger partial charge in [-0.15, -0.1) is 0 Å². The summed E-state index contributed by atoms with van der Waals surface area (Å²) in [5.74, 6) is -1.49. The number of ketones is 1. The van der Waals surface area contributed by atoms with Crippen molar-refractivity contribution in [3.05, 3.63) is 44.2 Å². The fourth-order valence-corrected chi connectivity index (χ4v) is 2.20. The van der Waals surface area contributed by atoms with Crippen LogP contribution in [0.5, 0.6) is 11.5 Å². The van der Waals surface area contributed by atoms with Crippen LogP contribution in [0.3, 0.4) is 0 Å². The Bertz CT molecular complexity index is 634. The highest BCUT2D eigenvalue weighted by Gasteiger charge is 2.24. The Morgan fingerprint density at radius 2 is 1.74 bits per heavy atom. The van der Waals surface area contributed by atoms with Gasteiger partial charge in [0.25, 0.3) is 0 Å². The fourth-order valence-electron chi connectivity index (χ4n) is 1.63. The number of carbonyl (C=O) groups excluding carboxylic acids is 1. The van der Waals surface area contributed by atoms with Gasteiger partial charge in [0, 0.05) is 0 Å². The van der Waals surface area contributed by atoms with Crippen molar-refractivity contribution < 1.29 is 15.0 Å². The molecule has 0 aliphatic heterocycles. The third-order valence-electron chi connectivity index (χ3n) is 2.61. The first-order chi connectivity index (χ1) is 8.82. The Morgan fingerprint density at radius 3 is 2.26 bits per heavy atom. The number of carbonyl (C=O) groups is 1. The van der Waals surface area contributed by atoms with E-state index in [1.807, 2.05) is 0 Å². The fraction of sp³-hybridized carbons (Fsp3) is 0.0833. The van der Waals surface area contributed by atoms with Gasteiger partial charge in [-0.1, -0.05) is 34.8 Å². The van der Waals surface area contributed by atoms with Crippen LogP contribution in [0.2, 0.25) is 15.2 Å². The molecule has 0 radical (unpaired) electrons. The monoisotopic (exact) mass is 319 g/mol. The molecule has 4 nitrogen and oxygen atoms in total. The van der Waals surface area contributed by atoms with Crippen LogP contribution in [0, 0.1) is 6.92 Å². The first-order valence-electron chi connectivity index (χ1n) is 5.12. The number of halogens is 3. The van der Waals surface area contributed by atoms with Crippen LogP contribution in [-0.4, -0.2) is 21.0 Å². The molecule has 3 N–H and O–H groups in total. The van der Waals surface area contributed by atoms with E-state index in [0.29, 0.717) is 5.56 Å². The molecule has 2 aromatic rings. The molecule has 1 aromatic carbocycles. The van der Waals surface area contributed by atoms with Gasteiger partial charge in [-0.05, 0) is 24.6 Å². The quantitative estimate of drug-likeness (QED) is 0.734. The summed E-state index contributed by atoms with van der Waals surface area (Å²) in [6.45, 7) is 1.56. The number of hydrogen-bond donors (Lipinski definition) is 3. The van der Waals surface area contributed by atoms with E-state index < -0.39 is 11.5 Å². The summed E-state index contributed by atoms with van der Waals surface area (Å²) in [5, 5.41) is 20.0. The van der Waals surface area contributed by atoms with Crippen molar-refractivity contribution in [1.29, 1.82) is 0 Å². The van der Waals surface area contributed by atoms with Gasteiger partial charge in [0.15, 0.2) is 0 Å². The van der Waals surface area contributed by atoms with Crippen molar-refractivity contribution in [2.24, 2.45) is 0 Å².